The summed E-state index contributed by atoms with van der Waals surface area (Å²) in [7, 11) is -2.17. The Balaban J connectivity index is 1.89. The number of nitrogens with one attached hydrogen (secondary N) is 2. The SMILES string of the molecule is CNS(=O)(=O)c1ccc(Nc2ncc(CC(F)F)c(C3CCCCC3)n2)c(C)c1. The van der Waals surface area contributed by atoms with Crippen molar-refractivity contribution in [2.75, 3.05) is 12.4 Å². The third kappa shape index (κ3) is 5.27. The molecule has 0 spiro atoms. The number of aryl methyl sites for hydroxylation is 1. The second-order valence-electron chi connectivity index (χ2n) is 7.34. The third-order valence-corrected chi connectivity index (χ3v) is 6.70. The normalized spacial score (nSPS) is 15.6. The van der Waals surface area contributed by atoms with Crippen LogP contribution in [0.1, 0.15) is 54.8 Å². The first kappa shape index (κ1) is 21.6. The molecular formula is C20H26F2N4O2S. The number of sulfonamides is 1. The van der Waals surface area contributed by atoms with E-state index in [2.05, 4.69) is 20.0 Å². The van der Waals surface area contributed by atoms with Gasteiger partial charge in [-0.15, -0.1) is 0 Å². The second-order valence-corrected chi connectivity index (χ2v) is 9.23. The van der Waals surface area contributed by atoms with E-state index in [1.54, 1.807) is 19.1 Å². The van der Waals surface area contributed by atoms with Gasteiger partial charge >= 0.3 is 0 Å². The fourth-order valence-electron chi connectivity index (χ4n) is 3.72. The van der Waals surface area contributed by atoms with Crippen molar-refractivity contribution in [3.63, 3.8) is 0 Å². The zero-order chi connectivity index (χ0) is 21.0. The Kier molecular flexibility index (Phi) is 6.79. The number of hydrogen-bond acceptors (Lipinski definition) is 5. The van der Waals surface area contributed by atoms with Gasteiger partial charge < -0.3 is 5.32 Å². The highest BCUT2D eigenvalue weighted by molar-refractivity contribution is 7.89. The maximum Gasteiger partial charge on any atom is 0.242 e. The predicted octanol–water partition coefficient (Wildman–Crippen LogP) is 4.29. The van der Waals surface area contributed by atoms with E-state index in [9.17, 15) is 17.2 Å². The van der Waals surface area contributed by atoms with Crippen molar-refractivity contribution in [2.24, 2.45) is 0 Å². The Morgan fingerprint density at radius 3 is 2.55 bits per heavy atom. The molecule has 9 heteroatoms. The highest BCUT2D eigenvalue weighted by Crippen LogP contribution is 2.34. The summed E-state index contributed by atoms with van der Waals surface area (Å²) in [6, 6.07) is 4.70. The molecule has 0 radical (unpaired) electrons. The summed E-state index contributed by atoms with van der Waals surface area (Å²) >= 11 is 0. The summed E-state index contributed by atoms with van der Waals surface area (Å²) in [6.07, 6.45) is 3.91. The molecule has 29 heavy (non-hydrogen) atoms. The van der Waals surface area contributed by atoms with Gasteiger partial charge in [0.25, 0.3) is 0 Å². The molecule has 1 fully saturated rings. The monoisotopic (exact) mass is 424 g/mol. The van der Waals surface area contributed by atoms with Crippen molar-refractivity contribution < 1.29 is 17.2 Å². The zero-order valence-electron chi connectivity index (χ0n) is 16.6. The molecule has 1 heterocycles. The fraction of sp³-hybridized carbons (Fsp3) is 0.500. The average Bonchev–Trinajstić information content (AvgIpc) is 2.70. The van der Waals surface area contributed by atoms with E-state index < -0.39 is 16.4 Å². The van der Waals surface area contributed by atoms with E-state index in [0.717, 1.165) is 32.1 Å². The molecule has 2 N–H and O–H groups in total. The van der Waals surface area contributed by atoms with Crippen LogP contribution in [0, 0.1) is 6.92 Å². The van der Waals surface area contributed by atoms with Crippen molar-refractivity contribution in [1.29, 1.82) is 0 Å². The van der Waals surface area contributed by atoms with E-state index in [-0.39, 0.29) is 17.2 Å². The van der Waals surface area contributed by atoms with Crippen LogP contribution in [0.25, 0.3) is 0 Å². The minimum Gasteiger partial charge on any atom is -0.324 e. The van der Waals surface area contributed by atoms with Gasteiger partial charge in [0.15, 0.2) is 0 Å². The van der Waals surface area contributed by atoms with Crippen LogP contribution in [0.5, 0.6) is 0 Å². The number of rotatable bonds is 7. The Morgan fingerprint density at radius 1 is 1.21 bits per heavy atom. The van der Waals surface area contributed by atoms with Gasteiger partial charge in [-0.25, -0.2) is 31.9 Å². The summed E-state index contributed by atoms with van der Waals surface area (Å²) in [5.74, 6) is 0.501. The van der Waals surface area contributed by atoms with Crippen LogP contribution in [0.3, 0.4) is 0 Å². The van der Waals surface area contributed by atoms with Crippen LogP contribution in [0.4, 0.5) is 20.4 Å². The number of anilines is 2. The van der Waals surface area contributed by atoms with E-state index in [4.69, 9.17) is 0 Å². The van der Waals surface area contributed by atoms with Gasteiger partial charge in [0, 0.05) is 24.2 Å². The molecule has 0 atom stereocenters. The molecule has 0 unspecified atom stereocenters. The van der Waals surface area contributed by atoms with Crippen LogP contribution in [0.2, 0.25) is 0 Å². The number of hydrogen-bond donors (Lipinski definition) is 2. The molecule has 1 aromatic carbocycles. The lowest BCUT2D eigenvalue weighted by Crippen LogP contribution is -2.18. The molecule has 1 saturated carbocycles. The lowest BCUT2D eigenvalue weighted by molar-refractivity contribution is 0.148. The van der Waals surface area contributed by atoms with E-state index in [0.29, 0.717) is 28.5 Å². The van der Waals surface area contributed by atoms with Gasteiger partial charge in [-0.3, -0.25) is 0 Å². The predicted molar refractivity (Wildman–Crippen MR) is 108 cm³/mol. The highest BCUT2D eigenvalue weighted by Gasteiger charge is 2.23. The largest absolute Gasteiger partial charge is 0.324 e. The Bertz CT molecular complexity index is 961. The van der Waals surface area contributed by atoms with Crippen LogP contribution in [0.15, 0.2) is 29.3 Å². The minimum atomic E-state index is -3.53. The maximum atomic E-state index is 13.0. The molecule has 6 nitrogen and oxygen atoms in total. The van der Waals surface area contributed by atoms with Crippen molar-refractivity contribution in [3.05, 3.63) is 41.2 Å². The molecule has 0 aliphatic heterocycles. The van der Waals surface area contributed by atoms with Gasteiger partial charge in [0.2, 0.25) is 22.4 Å². The van der Waals surface area contributed by atoms with Crippen LogP contribution < -0.4 is 10.0 Å². The second kappa shape index (κ2) is 9.13. The Labute approximate surface area is 170 Å². The molecule has 2 aromatic rings. The average molecular weight is 425 g/mol. The van der Waals surface area contributed by atoms with Gasteiger partial charge in [-0.2, -0.15) is 0 Å². The van der Waals surface area contributed by atoms with Gasteiger partial charge in [0.1, 0.15) is 0 Å². The quantitative estimate of drug-likeness (QED) is 0.693. The number of aromatic nitrogens is 2. The highest BCUT2D eigenvalue weighted by atomic mass is 32.2. The van der Waals surface area contributed by atoms with Crippen molar-refractivity contribution >= 4 is 21.7 Å². The minimum absolute atomic E-state index is 0.166. The summed E-state index contributed by atoms with van der Waals surface area (Å²) in [5, 5.41) is 3.10. The van der Waals surface area contributed by atoms with E-state index in [1.165, 1.54) is 19.3 Å². The first-order valence-corrected chi connectivity index (χ1v) is 11.2. The molecule has 0 amide bonds. The molecule has 1 aromatic heterocycles. The van der Waals surface area contributed by atoms with Crippen LogP contribution in [-0.2, 0) is 16.4 Å². The topological polar surface area (TPSA) is 84.0 Å². The molecule has 158 valence electrons. The zero-order valence-corrected chi connectivity index (χ0v) is 17.4. The van der Waals surface area contributed by atoms with Gasteiger partial charge in [-0.05, 0) is 56.1 Å². The maximum absolute atomic E-state index is 13.0. The number of halogens is 2. The van der Waals surface area contributed by atoms with Gasteiger partial charge in [-0.1, -0.05) is 19.3 Å². The third-order valence-electron chi connectivity index (χ3n) is 5.29. The molecule has 3 rings (SSSR count). The lowest BCUT2D eigenvalue weighted by Gasteiger charge is -2.23. The number of alkyl halides is 2. The van der Waals surface area contributed by atoms with Crippen molar-refractivity contribution in [1.82, 2.24) is 14.7 Å². The Hall–Kier alpha value is -2.13. The molecular weight excluding hydrogens is 398 g/mol. The van der Waals surface area contributed by atoms with Crippen LogP contribution >= 0.6 is 0 Å². The molecule has 0 bridgehead atoms. The van der Waals surface area contributed by atoms with Gasteiger partial charge in [0.05, 0.1) is 10.6 Å². The molecule has 1 aliphatic carbocycles. The Morgan fingerprint density at radius 2 is 1.93 bits per heavy atom. The fourth-order valence-corrected chi connectivity index (χ4v) is 4.53. The van der Waals surface area contributed by atoms with Crippen molar-refractivity contribution in [2.45, 2.75) is 62.7 Å². The summed E-state index contributed by atoms with van der Waals surface area (Å²) in [5.41, 5.74) is 2.58. The molecule has 1 aliphatic rings. The van der Waals surface area contributed by atoms with E-state index >= 15 is 0 Å². The summed E-state index contributed by atoms with van der Waals surface area (Å²) < 4.78 is 52.2. The number of nitrogens with zero attached hydrogens (tertiary/aromatic N) is 2. The first-order valence-electron chi connectivity index (χ1n) is 9.75. The summed E-state index contributed by atoms with van der Waals surface area (Å²) in [4.78, 5) is 8.98. The van der Waals surface area contributed by atoms with Crippen molar-refractivity contribution in [3.8, 4) is 0 Å². The summed E-state index contributed by atoms with van der Waals surface area (Å²) in [6.45, 7) is 1.78. The number of benzene rings is 1. The first-order chi connectivity index (χ1) is 13.8. The molecule has 0 saturated heterocycles. The smallest absolute Gasteiger partial charge is 0.242 e. The standard InChI is InChI=1S/C20H26F2N4O2S/c1-13-10-16(29(27,28)23-2)8-9-17(13)25-20-24-12-15(11-18(21)22)19(26-20)14-6-4-3-5-7-14/h8-10,12,14,18,23H,3-7,11H2,1-2H3,(H,24,25,26). The lowest BCUT2D eigenvalue weighted by atomic mass is 9.85. The van der Waals surface area contributed by atoms with E-state index in [1.807, 2.05) is 0 Å². The van der Waals surface area contributed by atoms with Crippen LogP contribution in [-0.4, -0.2) is 31.9 Å².